The molecule has 0 unspecified atom stereocenters. The lowest BCUT2D eigenvalue weighted by Crippen LogP contribution is -2.54. The number of ether oxygens (including phenoxy) is 3. The Morgan fingerprint density at radius 3 is 2.27 bits per heavy atom. The third kappa shape index (κ3) is 6.93. The second-order valence-electron chi connectivity index (χ2n) is 9.47. The van der Waals surface area contributed by atoms with Gasteiger partial charge in [-0.15, -0.1) is 0 Å². The molecule has 0 aromatic heterocycles. The van der Waals surface area contributed by atoms with Gasteiger partial charge in [0.25, 0.3) is 11.8 Å². The Labute approximate surface area is 266 Å². The molecule has 1 aliphatic heterocycles. The predicted molar refractivity (Wildman–Crippen MR) is 167 cm³/mol. The van der Waals surface area contributed by atoms with Crippen molar-refractivity contribution in [3.05, 3.63) is 123 Å². The number of nitrogens with one attached hydrogen (secondary N) is 1. The lowest BCUT2D eigenvalue weighted by Gasteiger charge is -2.26. The number of amides is 4. The van der Waals surface area contributed by atoms with Crippen molar-refractivity contribution in [3.8, 4) is 17.2 Å². The van der Waals surface area contributed by atoms with Gasteiger partial charge in [0, 0.05) is 16.1 Å². The average molecular weight is 680 g/mol. The first-order chi connectivity index (χ1) is 21.2. The van der Waals surface area contributed by atoms with E-state index in [0.717, 1.165) is 10.5 Å². The van der Waals surface area contributed by atoms with Crippen LogP contribution in [0.15, 0.2) is 95.0 Å². The summed E-state index contributed by atoms with van der Waals surface area (Å²) in [6.07, 6.45) is 1.35. The number of nitrogens with zero attached hydrogens (tertiary/aromatic N) is 1. The van der Waals surface area contributed by atoms with Crippen LogP contribution in [0.2, 0.25) is 5.02 Å². The lowest BCUT2D eigenvalue weighted by atomic mass is 10.1. The molecule has 1 fully saturated rings. The van der Waals surface area contributed by atoms with Crippen LogP contribution < -0.4 is 24.4 Å². The molecule has 0 radical (unpaired) electrons. The number of halogens is 3. The smallest absolute Gasteiger partial charge is 0.335 e. The molecule has 1 aliphatic rings. The molecule has 1 heterocycles. The monoisotopic (exact) mass is 678 g/mol. The summed E-state index contributed by atoms with van der Waals surface area (Å²) >= 11 is 9.64. The number of hydrogen-bond acceptors (Lipinski definition) is 6. The Balaban J connectivity index is 1.36. The fourth-order valence-electron chi connectivity index (χ4n) is 4.37. The summed E-state index contributed by atoms with van der Waals surface area (Å²) in [5, 5.41) is 2.79. The van der Waals surface area contributed by atoms with Gasteiger partial charge in [0.2, 0.25) is 0 Å². The molecule has 0 bridgehead atoms. The highest BCUT2D eigenvalue weighted by Gasteiger charge is 2.37. The Morgan fingerprint density at radius 2 is 1.57 bits per heavy atom. The Morgan fingerprint density at radius 1 is 0.886 bits per heavy atom. The van der Waals surface area contributed by atoms with Crippen LogP contribution in [-0.2, 0) is 22.8 Å². The molecule has 0 aliphatic carbocycles. The second kappa shape index (κ2) is 13.7. The molecular formula is C33H25BrClFN2O6. The maximum Gasteiger partial charge on any atom is 0.335 e. The molecule has 0 spiro atoms. The van der Waals surface area contributed by atoms with Gasteiger partial charge in [0.1, 0.15) is 30.4 Å². The van der Waals surface area contributed by atoms with E-state index in [4.69, 9.17) is 25.8 Å². The van der Waals surface area contributed by atoms with Crippen molar-refractivity contribution in [1.82, 2.24) is 5.32 Å². The van der Waals surface area contributed by atoms with Crippen LogP contribution in [0.4, 0.5) is 14.9 Å². The van der Waals surface area contributed by atoms with Gasteiger partial charge in [-0.05, 0) is 83.0 Å². The van der Waals surface area contributed by atoms with Crippen molar-refractivity contribution in [2.45, 2.75) is 20.1 Å². The number of anilines is 1. The number of rotatable bonds is 10. The molecule has 0 saturated carbocycles. The first kappa shape index (κ1) is 30.8. The van der Waals surface area contributed by atoms with E-state index in [1.807, 2.05) is 18.2 Å². The van der Waals surface area contributed by atoms with Crippen LogP contribution in [0.25, 0.3) is 6.08 Å². The van der Waals surface area contributed by atoms with Crippen molar-refractivity contribution < 1.29 is 33.0 Å². The maximum atomic E-state index is 14.1. The first-order valence-corrected chi connectivity index (χ1v) is 14.6. The van der Waals surface area contributed by atoms with Crippen LogP contribution in [0.3, 0.4) is 0 Å². The largest absolute Gasteiger partial charge is 0.490 e. The highest BCUT2D eigenvalue weighted by Crippen LogP contribution is 2.38. The third-order valence-electron chi connectivity index (χ3n) is 6.52. The molecule has 44 heavy (non-hydrogen) atoms. The fourth-order valence-corrected chi connectivity index (χ4v) is 5.13. The van der Waals surface area contributed by atoms with E-state index in [9.17, 15) is 18.8 Å². The van der Waals surface area contributed by atoms with Crippen molar-refractivity contribution >= 4 is 57.1 Å². The van der Waals surface area contributed by atoms with Crippen LogP contribution in [-0.4, -0.2) is 24.5 Å². The van der Waals surface area contributed by atoms with Gasteiger partial charge in [-0.25, -0.2) is 14.1 Å². The molecular weight excluding hydrogens is 655 g/mol. The Bertz CT molecular complexity index is 1760. The van der Waals surface area contributed by atoms with Crippen molar-refractivity contribution in [3.63, 3.8) is 0 Å². The predicted octanol–water partition coefficient (Wildman–Crippen LogP) is 7.46. The summed E-state index contributed by atoms with van der Waals surface area (Å²) in [6.45, 7) is 2.26. The van der Waals surface area contributed by atoms with E-state index in [-0.39, 0.29) is 24.5 Å². The number of urea groups is 1. The molecule has 1 saturated heterocycles. The Hall–Kier alpha value is -4.67. The molecule has 4 aromatic carbocycles. The molecule has 5 rings (SSSR count). The lowest BCUT2D eigenvalue weighted by molar-refractivity contribution is -0.122. The third-order valence-corrected chi connectivity index (χ3v) is 7.48. The highest BCUT2D eigenvalue weighted by molar-refractivity contribution is 9.10. The number of imide groups is 2. The van der Waals surface area contributed by atoms with E-state index in [2.05, 4.69) is 21.2 Å². The summed E-state index contributed by atoms with van der Waals surface area (Å²) in [7, 11) is 0. The molecule has 0 atom stereocenters. The number of barbiturate groups is 1. The minimum atomic E-state index is -0.880. The topological polar surface area (TPSA) is 94.2 Å². The normalized spacial score (nSPS) is 14.0. The Kier molecular flexibility index (Phi) is 9.62. The van der Waals surface area contributed by atoms with Gasteiger partial charge in [-0.1, -0.05) is 48.0 Å². The highest BCUT2D eigenvalue weighted by atomic mass is 79.9. The molecule has 224 valence electrons. The number of hydrogen-bond donors (Lipinski definition) is 1. The quantitative estimate of drug-likeness (QED) is 0.138. The molecule has 4 amide bonds. The van der Waals surface area contributed by atoms with Crippen LogP contribution in [0.1, 0.15) is 23.6 Å². The van der Waals surface area contributed by atoms with Crippen LogP contribution in [0, 0.1) is 5.82 Å². The zero-order valence-electron chi connectivity index (χ0n) is 23.3. The minimum absolute atomic E-state index is 0.0480. The molecule has 8 nitrogen and oxygen atoms in total. The standard InChI is InChI=1S/C33H25BrClFN2O6/c1-2-42-29-17-20(16-26(34)30(29)44-19-22-8-4-6-10-28(22)36)15-25-31(39)37-33(41)38(32(25)40)23-11-13-24(14-12-23)43-18-21-7-3-5-9-27(21)35/h3-17H,2,18-19H2,1H3,(H,37,39,41)/b25-15+. The number of carbonyl (C=O) groups excluding carboxylic acids is 3. The van der Waals surface area contributed by atoms with Crippen molar-refractivity contribution in [2.24, 2.45) is 0 Å². The van der Waals surface area contributed by atoms with Crippen LogP contribution in [0.5, 0.6) is 17.2 Å². The average Bonchev–Trinajstić information content (AvgIpc) is 3.00. The van der Waals surface area contributed by atoms with Crippen LogP contribution >= 0.6 is 27.5 Å². The zero-order valence-corrected chi connectivity index (χ0v) is 25.7. The van der Waals surface area contributed by atoms with Crippen molar-refractivity contribution in [2.75, 3.05) is 11.5 Å². The van der Waals surface area contributed by atoms with Gasteiger partial charge < -0.3 is 14.2 Å². The van der Waals surface area contributed by atoms with E-state index in [0.29, 0.717) is 44.5 Å². The first-order valence-electron chi connectivity index (χ1n) is 13.5. The van der Waals surface area contributed by atoms with E-state index < -0.39 is 23.7 Å². The zero-order chi connectivity index (χ0) is 31.2. The maximum absolute atomic E-state index is 14.1. The fraction of sp³-hybridized carbons (Fsp3) is 0.121. The van der Waals surface area contributed by atoms with E-state index >= 15 is 0 Å². The number of benzene rings is 4. The number of carbonyl (C=O) groups is 3. The van der Waals surface area contributed by atoms with Gasteiger partial charge in [0.05, 0.1) is 16.8 Å². The van der Waals surface area contributed by atoms with Gasteiger partial charge >= 0.3 is 6.03 Å². The SMILES string of the molecule is CCOc1cc(/C=C2\C(=O)NC(=O)N(c3ccc(OCc4ccccc4Cl)cc3)C2=O)cc(Br)c1OCc1ccccc1F. The summed E-state index contributed by atoms with van der Waals surface area (Å²) in [6, 6.07) is 22.2. The van der Waals surface area contributed by atoms with Crippen molar-refractivity contribution in [1.29, 1.82) is 0 Å². The molecule has 4 aromatic rings. The van der Waals surface area contributed by atoms with Gasteiger partial charge in [-0.3, -0.25) is 14.9 Å². The van der Waals surface area contributed by atoms with Gasteiger partial charge in [0.15, 0.2) is 11.5 Å². The summed E-state index contributed by atoms with van der Waals surface area (Å²) in [5.41, 5.74) is 1.57. The van der Waals surface area contributed by atoms with E-state index in [1.165, 1.54) is 24.3 Å². The summed E-state index contributed by atoms with van der Waals surface area (Å²) < 4.78 is 32.0. The summed E-state index contributed by atoms with van der Waals surface area (Å²) in [5.74, 6) is -0.916. The van der Waals surface area contributed by atoms with Gasteiger partial charge in [-0.2, -0.15) is 0 Å². The molecule has 11 heteroatoms. The second-order valence-corrected chi connectivity index (χ2v) is 10.7. The summed E-state index contributed by atoms with van der Waals surface area (Å²) in [4.78, 5) is 39.8. The van der Waals surface area contributed by atoms with E-state index in [1.54, 1.807) is 55.5 Å². The molecule has 1 N–H and O–H groups in total. The minimum Gasteiger partial charge on any atom is -0.490 e.